The van der Waals surface area contributed by atoms with Crippen molar-refractivity contribution in [2.24, 2.45) is 0 Å². The number of aromatic nitrogens is 1. The molecule has 0 bridgehead atoms. The van der Waals surface area contributed by atoms with Gasteiger partial charge in [0.25, 0.3) is 5.56 Å². The van der Waals surface area contributed by atoms with E-state index in [0.717, 1.165) is 29.5 Å². The normalized spacial score (nSPS) is 11.8. The third-order valence-electron chi connectivity index (χ3n) is 6.07. The Hall–Kier alpha value is -4.12. The molecule has 5 heteroatoms. The Kier molecular flexibility index (Phi) is 7.78. The molecule has 0 radical (unpaired) electrons. The Bertz CT molecular complexity index is 1280. The monoisotopic (exact) mass is 467 g/mol. The number of ether oxygens (including phenoxy) is 1. The second-order valence-corrected chi connectivity index (χ2v) is 8.64. The maximum Gasteiger partial charge on any atom is 0.344 e. The van der Waals surface area contributed by atoms with E-state index in [1.165, 1.54) is 18.1 Å². The van der Waals surface area contributed by atoms with Gasteiger partial charge in [0.1, 0.15) is 5.75 Å². The van der Waals surface area contributed by atoms with Crippen molar-refractivity contribution in [2.45, 2.75) is 38.2 Å². The van der Waals surface area contributed by atoms with E-state index in [4.69, 9.17) is 9.84 Å². The summed E-state index contributed by atoms with van der Waals surface area (Å²) in [5.74, 6) is -0.442. The lowest BCUT2D eigenvalue weighted by Gasteiger charge is -2.19. The Morgan fingerprint density at radius 3 is 2.14 bits per heavy atom. The van der Waals surface area contributed by atoms with Crippen LogP contribution in [0.4, 0.5) is 0 Å². The summed E-state index contributed by atoms with van der Waals surface area (Å²) in [7, 11) is 0. The predicted molar refractivity (Wildman–Crippen MR) is 137 cm³/mol. The molecule has 5 nitrogen and oxygen atoms in total. The summed E-state index contributed by atoms with van der Waals surface area (Å²) in [6.45, 7) is 1.51. The minimum atomic E-state index is -1.00. The molecule has 1 aromatic heterocycles. The lowest BCUT2D eigenvalue weighted by molar-refractivity contribution is -0.144. The number of H-pyrrole nitrogens is 1. The van der Waals surface area contributed by atoms with Crippen LogP contribution in [-0.4, -0.2) is 22.2 Å². The van der Waals surface area contributed by atoms with Gasteiger partial charge < -0.3 is 14.8 Å². The van der Waals surface area contributed by atoms with Crippen LogP contribution in [0.5, 0.6) is 5.75 Å². The van der Waals surface area contributed by atoms with Gasteiger partial charge in [0, 0.05) is 17.7 Å². The number of carbonyl (C=O) groups is 1. The number of nitrogens with one attached hydrogen (secondary N) is 1. The first-order valence-corrected chi connectivity index (χ1v) is 11.8. The largest absolute Gasteiger partial charge is 0.479 e. The van der Waals surface area contributed by atoms with E-state index in [9.17, 15) is 9.59 Å². The molecule has 0 unspecified atom stereocenters. The van der Waals surface area contributed by atoms with E-state index in [2.05, 4.69) is 29.2 Å². The number of aryl methyl sites for hydroxylation is 2. The van der Waals surface area contributed by atoms with Gasteiger partial charge in [0.05, 0.1) is 0 Å². The van der Waals surface area contributed by atoms with Crippen molar-refractivity contribution in [1.29, 1.82) is 0 Å². The fraction of sp³-hybridized carbons (Fsp3) is 0.200. The highest BCUT2D eigenvalue weighted by molar-refractivity contribution is 5.72. The standard InChI is InChI=1S/C30H29NO4/c1-21(30(33)34)35-27-17-9-11-22(18-27)10-8-16-25-19-26(20-31-29(25)32)28(23-12-4-2-5-13-23)24-14-6-3-7-15-24/h2-7,9,11-15,17-21,28H,8,10,16H2,1H3,(H,31,32)(H,33,34)/t21-/m1/s1. The number of pyridine rings is 1. The van der Waals surface area contributed by atoms with Gasteiger partial charge in [0.15, 0.2) is 6.10 Å². The highest BCUT2D eigenvalue weighted by atomic mass is 16.5. The molecule has 178 valence electrons. The zero-order valence-corrected chi connectivity index (χ0v) is 19.7. The zero-order valence-electron chi connectivity index (χ0n) is 19.7. The van der Waals surface area contributed by atoms with Crippen molar-refractivity contribution in [2.75, 3.05) is 0 Å². The number of carboxylic acids is 1. The van der Waals surface area contributed by atoms with Crippen LogP contribution < -0.4 is 10.3 Å². The molecule has 4 aromatic rings. The van der Waals surface area contributed by atoms with Crippen molar-refractivity contribution in [3.8, 4) is 5.75 Å². The molecule has 2 N–H and O–H groups in total. The summed E-state index contributed by atoms with van der Waals surface area (Å²) in [6, 6.07) is 30.1. The Morgan fingerprint density at radius 2 is 1.51 bits per heavy atom. The first kappa shape index (κ1) is 24.0. The predicted octanol–water partition coefficient (Wildman–Crippen LogP) is 5.58. The van der Waals surface area contributed by atoms with Gasteiger partial charge in [-0.15, -0.1) is 0 Å². The van der Waals surface area contributed by atoms with E-state index >= 15 is 0 Å². The summed E-state index contributed by atoms with van der Waals surface area (Å²) < 4.78 is 5.47. The number of rotatable bonds is 10. The van der Waals surface area contributed by atoms with Gasteiger partial charge in [-0.05, 0) is 66.6 Å². The van der Waals surface area contributed by atoms with E-state index in [1.54, 1.807) is 6.07 Å². The van der Waals surface area contributed by atoms with Crippen LogP contribution in [0.1, 0.15) is 47.1 Å². The third kappa shape index (κ3) is 6.27. The topological polar surface area (TPSA) is 79.4 Å². The maximum absolute atomic E-state index is 12.6. The zero-order chi connectivity index (χ0) is 24.6. The van der Waals surface area contributed by atoms with Gasteiger partial charge in [-0.1, -0.05) is 72.8 Å². The average molecular weight is 468 g/mol. The highest BCUT2D eigenvalue weighted by Gasteiger charge is 2.18. The van der Waals surface area contributed by atoms with Crippen LogP contribution in [0.3, 0.4) is 0 Å². The smallest absolute Gasteiger partial charge is 0.344 e. The van der Waals surface area contributed by atoms with Crippen molar-refractivity contribution >= 4 is 5.97 Å². The molecule has 0 amide bonds. The molecule has 1 heterocycles. The molecule has 3 aromatic carbocycles. The van der Waals surface area contributed by atoms with Gasteiger partial charge >= 0.3 is 5.97 Å². The second kappa shape index (κ2) is 11.3. The molecule has 1 atom stereocenters. The number of hydrogen-bond acceptors (Lipinski definition) is 3. The molecule has 0 spiro atoms. The summed E-state index contributed by atoms with van der Waals surface area (Å²) in [5.41, 5.74) is 5.12. The van der Waals surface area contributed by atoms with Gasteiger partial charge in [-0.2, -0.15) is 0 Å². The molecule has 0 aliphatic carbocycles. The fourth-order valence-electron chi connectivity index (χ4n) is 4.28. The Balaban J connectivity index is 1.51. The first-order chi connectivity index (χ1) is 17.0. The lowest BCUT2D eigenvalue weighted by atomic mass is 9.85. The third-order valence-corrected chi connectivity index (χ3v) is 6.07. The minimum Gasteiger partial charge on any atom is -0.479 e. The van der Waals surface area contributed by atoms with Crippen LogP contribution in [0, 0.1) is 0 Å². The van der Waals surface area contributed by atoms with Crippen LogP contribution in [0.15, 0.2) is 102 Å². The molecular weight excluding hydrogens is 438 g/mol. The average Bonchev–Trinajstić information content (AvgIpc) is 2.87. The SMILES string of the molecule is C[C@@H](Oc1cccc(CCCc2cc(C(c3ccccc3)c3ccccc3)c[nH]c2=O)c1)C(=O)O. The van der Waals surface area contributed by atoms with Crippen molar-refractivity contribution in [3.63, 3.8) is 0 Å². The number of aromatic amines is 1. The van der Waals surface area contributed by atoms with E-state index in [0.29, 0.717) is 12.2 Å². The molecular formula is C30H29NO4. The van der Waals surface area contributed by atoms with Gasteiger partial charge in [0.2, 0.25) is 0 Å². The van der Waals surface area contributed by atoms with Crippen molar-refractivity contribution < 1.29 is 14.6 Å². The van der Waals surface area contributed by atoms with E-state index in [1.807, 2.05) is 66.9 Å². The summed E-state index contributed by atoms with van der Waals surface area (Å²) in [4.78, 5) is 26.6. The Labute approximate surface area is 205 Å². The first-order valence-electron chi connectivity index (χ1n) is 11.8. The van der Waals surface area contributed by atoms with Crippen LogP contribution in [0.25, 0.3) is 0 Å². The molecule has 0 saturated carbocycles. The van der Waals surface area contributed by atoms with Crippen LogP contribution in [0.2, 0.25) is 0 Å². The lowest BCUT2D eigenvalue weighted by Crippen LogP contribution is -2.22. The highest BCUT2D eigenvalue weighted by Crippen LogP contribution is 2.31. The Morgan fingerprint density at radius 1 is 0.857 bits per heavy atom. The van der Waals surface area contributed by atoms with Gasteiger partial charge in [-0.3, -0.25) is 4.79 Å². The molecule has 35 heavy (non-hydrogen) atoms. The molecule has 4 rings (SSSR count). The van der Waals surface area contributed by atoms with Crippen LogP contribution in [-0.2, 0) is 17.6 Å². The summed E-state index contributed by atoms with van der Waals surface area (Å²) >= 11 is 0. The molecule has 0 saturated heterocycles. The van der Waals surface area contributed by atoms with Crippen molar-refractivity contribution in [1.82, 2.24) is 4.98 Å². The summed E-state index contributed by atoms with van der Waals surface area (Å²) in [6.07, 6.45) is 3.08. The van der Waals surface area contributed by atoms with Gasteiger partial charge in [-0.25, -0.2) is 4.79 Å². The quantitative estimate of drug-likeness (QED) is 0.319. The number of benzene rings is 3. The summed E-state index contributed by atoms with van der Waals surface area (Å²) in [5, 5.41) is 9.06. The van der Waals surface area contributed by atoms with Crippen molar-refractivity contribution in [3.05, 3.63) is 135 Å². The second-order valence-electron chi connectivity index (χ2n) is 8.64. The van der Waals surface area contributed by atoms with E-state index in [-0.39, 0.29) is 11.5 Å². The fourth-order valence-corrected chi connectivity index (χ4v) is 4.28. The number of carboxylic acid groups (broad SMARTS) is 1. The maximum atomic E-state index is 12.6. The molecule has 0 aliphatic heterocycles. The number of aliphatic carboxylic acids is 1. The van der Waals surface area contributed by atoms with Crippen LogP contribution >= 0.6 is 0 Å². The minimum absolute atomic E-state index is 0.0260. The van der Waals surface area contributed by atoms with E-state index < -0.39 is 12.1 Å². The molecule has 0 aliphatic rings. The number of hydrogen-bond donors (Lipinski definition) is 2. The molecule has 0 fully saturated rings.